The van der Waals surface area contributed by atoms with E-state index >= 15 is 0 Å². The molecule has 0 saturated heterocycles. The number of aryl methyl sites for hydroxylation is 1. The van der Waals surface area contributed by atoms with Gasteiger partial charge in [0.25, 0.3) is 0 Å². The molecular formula is C16H18N2O2. The van der Waals surface area contributed by atoms with Crippen LogP contribution in [0.4, 0.5) is 11.5 Å². The minimum Gasteiger partial charge on any atom is -0.465 e. The number of nitrogens with one attached hydrogen (secondary N) is 1. The number of rotatable bonds is 5. The second-order valence-corrected chi connectivity index (χ2v) is 4.45. The Morgan fingerprint density at radius 1 is 1.30 bits per heavy atom. The second kappa shape index (κ2) is 6.70. The fourth-order valence-electron chi connectivity index (χ4n) is 2.01. The molecule has 1 aromatic heterocycles. The number of pyridine rings is 1. The van der Waals surface area contributed by atoms with E-state index in [9.17, 15) is 4.79 Å². The number of ether oxygens (including phenoxy) is 1. The van der Waals surface area contributed by atoms with Crippen LogP contribution in [0.1, 0.15) is 29.3 Å². The molecule has 0 aliphatic heterocycles. The topological polar surface area (TPSA) is 51.2 Å². The van der Waals surface area contributed by atoms with Crippen LogP contribution in [0.3, 0.4) is 0 Å². The maximum absolute atomic E-state index is 11.5. The van der Waals surface area contributed by atoms with Gasteiger partial charge in [0.05, 0.1) is 12.7 Å². The Kier molecular flexibility index (Phi) is 4.71. The van der Waals surface area contributed by atoms with Crippen molar-refractivity contribution < 1.29 is 9.53 Å². The van der Waals surface area contributed by atoms with Crippen molar-refractivity contribution in [1.82, 2.24) is 4.98 Å². The number of anilines is 2. The van der Waals surface area contributed by atoms with E-state index in [-0.39, 0.29) is 5.97 Å². The molecule has 0 aliphatic rings. The molecule has 0 saturated carbocycles. The number of methoxy groups -OCH3 is 1. The zero-order valence-electron chi connectivity index (χ0n) is 11.7. The first-order valence-electron chi connectivity index (χ1n) is 6.64. The van der Waals surface area contributed by atoms with Crippen LogP contribution in [0.15, 0.2) is 42.6 Å². The summed E-state index contributed by atoms with van der Waals surface area (Å²) in [5, 5.41) is 3.26. The van der Waals surface area contributed by atoms with Gasteiger partial charge in [-0.25, -0.2) is 9.78 Å². The molecule has 4 heteroatoms. The predicted molar refractivity (Wildman–Crippen MR) is 79.3 cm³/mol. The summed E-state index contributed by atoms with van der Waals surface area (Å²) in [7, 11) is 1.37. The van der Waals surface area contributed by atoms with Crippen LogP contribution in [0.2, 0.25) is 0 Å². The van der Waals surface area contributed by atoms with Gasteiger partial charge in [-0.15, -0.1) is 0 Å². The molecule has 0 bridgehead atoms. The summed E-state index contributed by atoms with van der Waals surface area (Å²) < 4.78 is 4.71. The normalized spacial score (nSPS) is 10.1. The van der Waals surface area contributed by atoms with Crippen molar-refractivity contribution in [3.05, 3.63) is 53.7 Å². The SMILES string of the molecule is CCCc1ccccc1Nc1cc(C(=O)OC)ccn1. The molecular weight excluding hydrogens is 252 g/mol. The van der Waals surface area contributed by atoms with Gasteiger partial charge in [-0.1, -0.05) is 31.5 Å². The van der Waals surface area contributed by atoms with E-state index in [0.29, 0.717) is 11.4 Å². The Bertz CT molecular complexity index is 597. The van der Waals surface area contributed by atoms with Gasteiger partial charge in [0.1, 0.15) is 5.82 Å². The largest absolute Gasteiger partial charge is 0.465 e. The number of esters is 1. The van der Waals surface area contributed by atoms with Crippen molar-refractivity contribution in [2.75, 3.05) is 12.4 Å². The molecule has 1 aromatic carbocycles. The van der Waals surface area contributed by atoms with Gasteiger partial charge in [-0.3, -0.25) is 0 Å². The van der Waals surface area contributed by atoms with E-state index in [0.717, 1.165) is 18.5 Å². The van der Waals surface area contributed by atoms with Gasteiger partial charge in [-0.2, -0.15) is 0 Å². The lowest BCUT2D eigenvalue weighted by atomic mass is 10.1. The Morgan fingerprint density at radius 3 is 2.85 bits per heavy atom. The van der Waals surface area contributed by atoms with Crippen LogP contribution < -0.4 is 5.32 Å². The average molecular weight is 270 g/mol. The molecule has 4 nitrogen and oxygen atoms in total. The van der Waals surface area contributed by atoms with Crippen LogP contribution >= 0.6 is 0 Å². The summed E-state index contributed by atoms with van der Waals surface area (Å²) in [6.45, 7) is 2.15. The summed E-state index contributed by atoms with van der Waals surface area (Å²) in [4.78, 5) is 15.7. The van der Waals surface area contributed by atoms with E-state index in [1.807, 2.05) is 18.2 Å². The molecule has 1 N–H and O–H groups in total. The number of para-hydroxylation sites is 1. The van der Waals surface area contributed by atoms with E-state index in [2.05, 4.69) is 23.3 Å². The summed E-state index contributed by atoms with van der Waals surface area (Å²) in [5.41, 5.74) is 2.74. The Morgan fingerprint density at radius 2 is 2.10 bits per heavy atom. The third kappa shape index (κ3) is 3.35. The molecule has 0 fully saturated rings. The molecule has 1 heterocycles. The molecule has 0 aliphatic carbocycles. The first kappa shape index (κ1) is 14.1. The number of aromatic nitrogens is 1. The third-order valence-corrected chi connectivity index (χ3v) is 2.98. The Hall–Kier alpha value is -2.36. The van der Waals surface area contributed by atoms with Crippen molar-refractivity contribution in [2.45, 2.75) is 19.8 Å². The van der Waals surface area contributed by atoms with E-state index in [1.165, 1.54) is 12.7 Å². The van der Waals surface area contributed by atoms with Crippen molar-refractivity contribution in [3.8, 4) is 0 Å². The molecule has 2 aromatic rings. The molecule has 0 atom stereocenters. The smallest absolute Gasteiger partial charge is 0.338 e. The number of nitrogens with zero attached hydrogens (tertiary/aromatic N) is 1. The van der Waals surface area contributed by atoms with Crippen LogP contribution in [-0.2, 0) is 11.2 Å². The first-order valence-corrected chi connectivity index (χ1v) is 6.64. The monoisotopic (exact) mass is 270 g/mol. The zero-order chi connectivity index (χ0) is 14.4. The summed E-state index contributed by atoms with van der Waals surface area (Å²) in [6, 6.07) is 11.4. The number of carbonyl (C=O) groups excluding carboxylic acids is 1. The van der Waals surface area contributed by atoms with Crippen LogP contribution in [0.5, 0.6) is 0 Å². The second-order valence-electron chi connectivity index (χ2n) is 4.45. The van der Waals surface area contributed by atoms with Crippen LogP contribution in [0, 0.1) is 0 Å². The molecule has 0 radical (unpaired) electrons. The molecule has 0 unspecified atom stereocenters. The third-order valence-electron chi connectivity index (χ3n) is 2.98. The fourth-order valence-corrected chi connectivity index (χ4v) is 2.01. The standard InChI is InChI=1S/C16H18N2O2/c1-3-6-12-7-4-5-8-14(12)18-15-11-13(9-10-17-15)16(19)20-2/h4-5,7-11H,3,6H2,1-2H3,(H,17,18). The summed E-state index contributed by atoms with van der Waals surface area (Å²) >= 11 is 0. The van der Waals surface area contributed by atoms with Crippen molar-refractivity contribution in [1.29, 1.82) is 0 Å². The highest BCUT2D eigenvalue weighted by Gasteiger charge is 2.07. The van der Waals surface area contributed by atoms with Gasteiger partial charge in [0.15, 0.2) is 0 Å². The van der Waals surface area contributed by atoms with Crippen molar-refractivity contribution in [3.63, 3.8) is 0 Å². The quantitative estimate of drug-likeness (QED) is 0.844. The number of hydrogen-bond donors (Lipinski definition) is 1. The fraction of sp³-hybridized carbons (Fsp3) is 0.250. The highest BCUT2D eigenvalue weighted by atomic mass is 16.5. The van der Waals surface area contributed by atoms with E-state index in [4.69, 9.17) is 4.74 Å². The highest BCUT2D eigenvalue weighted by Crippen LogP contribution is 2.21. The van der Waals surface area contributed by atoms with E-state index < -0.39 is 0 Å². The van der Waals surface area contributed by atoms with Gasteiger partial charge in [0, 0.05) is 11.9 Å². The van der Waals surface area contributed by atoms with E-state index in [1.54, 1.807) is 18.3 Å². The first-order chi connectivity index (χ1) is 9.74. The van der Waals surface area contributed by atoms with Gasteiger partial charge in [0.2, 0.25) is 0 Å². The predicted octanol–water partition coefficient (Wildman–Crippen LogP) is 3.56. The molecule has 104 valence electrons. The molecule has 20 heavy (non-hydrogen) atoms. The lowest BCUT2D eigenvalue weighted by molar-refractivity contribution is 0.0600. The molecule has 2 rings (SSSR count). The summed E-state index contributed by atoms with van der Waals surface area (Å²) in [6.07, 6.45) is 3.67. The lowest BCUT2D eigenvalue weighted by Gasteiger charge is -2.11. The summed E-state index contributed by atoms with van der Waals surface area (Å²) in [5.74, 6) is 0.272. The highest BCUT2D eigenvalue weighted by molar-refractivity contribution is 5.90. The minimum absolute atomic E-state index is 0.364. The number of benzene rings is 1. The lowest BCUT2D eigenvalue weighted by Crippen LogP contribution is -2.03. The maximum Gasteiger partial charge on any atom is 0.338 e. The maximum atomic E-state index is 11.5. The van der Waals surface area contributed by atoms with Gasteiger partial charge >= 0.3 is 5.97 Å². The van der Waals surface area contributed by atoms with Crippen molar-refractivity contribution >= 4 is 17.5 Å². The number of hydrogen-bond acceptors (Lipinski definition) is 4. The van der Waals surface area contributed by atoms with Crippen molar-refractivity contribution in [2.24, 2.45) is 0 Å². The Balaban J connectivity index is 2.24. The Labute approximate surface area is 118 Å². The van der Waals surface area contributed by atoms with Gasteiger partial charge < -0.3 is 10.1 Å². The average Bonchev–Trinajstić information content (AvgIpc) is 2.49. The number of carbonyl (C=O) groups is 1. The van der Waals surface area contributed by atoms with Gasteiger partial charge in [-0.05, 0) is 30.2 Å². The van der Waals surface area contributed by atoms with Crippen LogP contribution in [0.25, 0.3) is 0 Å². The molecule has 0 amide bonds. The zero-order valence-corrected chi connectivity index (χ0v) is 11.7. The molecule has 0 spiro atoms. The minimum atomic E-state index is -0.364. The van der Waals surface area contributed by atoms with Crippen LogP contribution in [-0.4, -0.2) is 18.1 Å².